The molecule has 1 aliphatic rings. The van der Waals surface area contributed by atoms with Crippen molar-refractivity contribution in [1.82, 2.24) is 15.2 Å². The number of nitrogens with zero attached hydrogens (tertiary/aromatic N) is 2. The highest BCUT2D eigenvalue weighted by Gasteiger charge is 2.16. The zero-order chi connectivity index (χ0) is 12.8. The van der Waals surface area contributed by atoms with Crippen LogP contribution in [0.4, 0.5) is 0 Å². The van der Waals surface area contributed by atoms with Gasteiger partial charge < -0.3 is 5.32 Å². The predicted molar refractivity (Wildman–Crippen MR) is 79.0 cm³/mol. The van der Waals surface area contributed by atoms with Gasteiger partial charge in [0.1, 0.15) is 0 Å². The summed E-state index contributed by atoms with van der Waals surface area (Å²) >= 11 is 2.06. The standard InChI is InChI=1S/C14H23N3S/c1-3-17(10-14-11-18-8-7-15-14)9-13-6-4-5-12(2)16-13/h4-6,14-15H,3,7-11H2,1-2H3. The molecule has 1 aliphatic heterocycles. The molecule has 3 nitrogen and oxygen atoms in total. The SMILES string of the molecule is CCN(Cc1cccc(C)n1)CC1CSCCN1. The van der Waals surface area contributed by atoms with Crippen LogP contribution in [0.25, 0.3) is 0 Å². The van der Waals surface area contributed by atoms with Crippen LogP contribution < -0.4 is 5.32 Å². The second-order valence-corrected chi connectivity index (χ2v) is 5.97. The Balaban J connectivity index is 1.88. The first kappa shape index (κ1) is 13.8. The van der Waals surface area contributed by atoms with Gasteiger partial charge in [-0.15, -0.1) is 0 Å². The first-order valence-corrected chi connectivity index (χ1v) is 7.89. The molecular weight excluding hydrogens is 242 g/mol. The van der Waals surface area contributed by atoms with Gasteiger partial charge in [0.2, 0.25) is 0 Å². The third-order valence-electron chi connectivity index (χ3n) is 3.26. The molecule has 0 aromatic carbocycles. The van der Waals surface area contributed by atoms with Gasteiger partial charge in [-0.3, -0.25) is 9.88 Å². The monoisotopic (exact) mass is 265 g/mol. The molecule has 1 N–H and O–H groups in total. The normalized spacial score (nSPS) is 20.3. The van der Waals surface area contributed by atoms with Crippen molar-refractivity contribution in [2.75, 3.05) is 31.1 Å². The molecular formula is C14H23N3S. The molecule has 0 spiro atoms. The Bertz CT molecular complexity index is 364. The lowest BCUT2D eigenvalue weighted by Crippen LogP contribution is -2.45. The Hall–Kier alpha value is -0.580. The molecule has 2 heterocycles. The smallest absolute Gasteiger partial charge is 0.0547 e. The van der Waals surface area contributed by atoms with Crippen LogP contribution in [0.1, 0.15) is 18.3 Å². The Morgan fingerprint density at radius 2 is 2.39 bits per heavy atom. The minimum atomic E-state index is 0.633. The molecule has 0 amide bonds. The fraction of sp³-hybridized carbons (Fsp3) is 0.643. The largest absolute Gasteiger partial charge is 0.311 e. The molecule has 4 heteroatoms. The summed E-state index contributed by atoms with van der Waals surface area (Å²) in [6, 6.07) is 6.91. The number of thioether (sulfide) groups is 1. The van der Waals surface area contributed by atoms with Gasteiger partial charge in [-0.25, -0.2) is 0 Å². The molecule has 0 saturated carbocycles. The highest BCUT2D eigenvalue weighted by atomic mass is 32.2. The van der Waals surface area contributed by atoms with E-state index < -0.39 is 0 Å². The van der Waals surface area contributed by atoms with E-state index in [9.17, 15) is 0 Å². The first-order valence-electron chi connectivity index (χ1n) is 6.74. The van der Waals surface area contributed by atoms with Crippen molar-refractivity contribution in [2.24, 2.45) is 0 Å². The van der Waals surface area contributed by atoms with Crippen molar-refractivity contribution in [3.8, 4) is 0 Å². The van der Waals surface area contributed by atoms with E-state index in [0.717, 1.165) is 31.9 Å². The number of likely N-dealkylation sites (N-methyl/N-ethyl adjacent to an activating group) is 1. The summed E-state index contributed by atoms with van der Waals surface area (Å²) in [6.45, 7) is 8.60. The summed E-state index contributed by atoms with van der Waals surface area (Å²) in [6.07, 6.45) is 0. The average molecular weight is 265 g/mol. The molecule has 1 aromatic heterocycles. The fourth-order valence-corrected chi connectivity index (χ4v) is 3.21. The van der Waals surface area contributed by atoms with Crippen molar-refractivity contribution >= 4 is 11.8 Å². The molecule has 2 rings (SSSR count). The average Bonchev–Trinajstić information content (AvgIpc) is 2.39. The van der Waals surface area contributed by atoms with Crippen LogP contribution in [0.2, 0.25) is 0 Å². The lowest BCUT2D eigenvalue weighted by Gasteiger charge is -2.29. The number of aryl methyl sites for hydroxylation is 1. The summed E-state index contributed by atoms with van der Waals surface area (Å²) in [7, 11) is 0. The third kappa shape index (κ3) is 4.26. The van der Waals surface area contributed by atoms with Crippen molar-refractivity contribution in [2.45, 2.75) is 26.4 Å². The van der Waals surface area contributed by atoms with Crippen LogP contribution in [-0.2, 0) is 6.54 Å². The lowest BCUT2D eigenvalue weighted by atomic mass is 10.2. The van der Waals surface area contributed by atoms with E-state index in [1.807, 2.05) is 0 Å². The van der Waals surface area contributed by atoms with Gasteiger partial charge in [-0.1, -0.05) is 13.0 Å². The minimum Gasteiger partial charge on any atom is -0.311 e. The topological polar surface area (TPSA) is 28.2 Å². The summed E-state index contributed by atoms with van der Waals surface area (Å²) in [5.74, 6) is 2.49. The quantitative estimate of drug-likeness (QED) is 0.880. The molecule has 1 saturated heterocycles. The third-order valence-corrected chi connectivity index (χ3v) is 4.39. The highest BCUT2D eigenvalue weighted by molar-refractivity contribution is 7.99. The van der Waals surface area contributed by atoms with Crippen LogP contribution in [-0.4, -0.2) is 47.1 Å². The van der Waals surface area contributed by atoms with Crippen molar-refractivity contribution in [3.63, 3.8) is 0 Å². The van der Waals surface area contributed by atoms with E-state index >= 15 is 0 Å². The summed E-state index contributed by atoms with van der Waals surface area (Å²) in [5.41, 5.74) is 2.29. The van der Waals surface area contributed by atoms with E-state index in [2.05, 4.69) is 59.0 Å². The van der Waals surface area contributed by atoms with Crippen LogP contribution in [0.3, 0.4) is 0 Å². The van der Waals surface area contributed by atoms with Crippen molar-refractivity contribution < 1.29 is 0 Å². The van der Waals surface area contributed by atoms with Gasteiger partial charge in [-0.2, -0.15) is 11.8 Å². The number of pyridine rings is 1. The zero-order valence-corrected chi connectivity index (χ0v) is 12.2. The molecule has 0 bridgehead atoms. The number of aromatic nitrogens is 1. The second-order valence-electron chi connectivity index (χ2n) is 4.82. The van der Waals surface area contributed by atoms with Crippen LogP contribution in [0.5, 0.6) is 0 Å². The van der Waals surface area contributed by atoms with Gasteiger partial charge in [0.15, 0.2) is 0 Å². The fourth-order valence-electron chi connectivity index (χ4n) is 2.27. The molecule has 1 fully saturated rings. The Kier molecular flexibility index (Phi) is 5.47. The maximum absolute atomic E-state index is 4.59. The van der Waals surface area contributed by atoms with Crippen molar-refractivity contribution in [1.29, 1.82) is 0 Å². The highest BCUT2D eigenvalue weighted by Crippen LogP contribution is 2.10. The van der Waals surface area contributed by atoms with E-state index in [4.69, 9.17) is 0 Å². The molecule has 1 unspecified atom stereocenters. The number of nitrogens with one attached hydrogen (secondary N) is 1. The van der Waals surface area contributed by atoms with Crippen LogP contribution in [0, 0.1) is 6.92 Å². The first-order chi connectivity index (χ1) is 8.78. The van der Waals surface area contributed by atoms with E-state index in [1.54, 1.807) is 0 Å². The molecule has 0 radical (unpaired) electrons. The van der Waals surface area contributed by atoms with Gasteiger partial charge in [0, 0.05) is 42.9 Å². The van der Waals surface area contributed by atoms with Gasteiger partial charge in [0.05, 0.1) is 5.69 Å². The molecule has 18 heavy (non-hydrogen) atoms. The minimum absolute atomic E-state index is 0.633. The molecule has 100 valence electrons. The van der Waals surface area contributed by atoms with Gasteiger partial charge >= 0.3 is 0 Å². The maximum atomic E-state index is 4.59. The van der Waals surface area contributed by atoms with Crippen LogP contribution in [0.15, 0.2) is 18.2 Å². The maximum Gasteiger partial charge on any atom is 0.0547 e. The van der Waals surface area contributed by atoms with Crippen LogP contribution >= 0.6 is 11.8 Å². The Morgan fingerprint density at radius 3 is 3.06 bits per heavy atom. The van der Waals surface area contributed by atoms with Gasteiger partial charge in [0.25, 0.3) is 0 Å². The number of hydrogen-bond acceptors (Lipinski definition) is 4. The lowest BCUT2D eigenvalue weighted by molar-refractivity contribution is 0.250. The summed E-state index contributed by atoms with van der Waals surface area (Å²) in [4.78, 5) is 7.06. The molecule has 1 atom stereocenters. The summed E-state index contributed by atoms with van der Waals surface area (Å²) < 4.78 is 0. The van der Waals surface area contributed by atoms with E-state index in [0.29, 0.717) is 6.04 Å². The number of rotatable bonds is 5. The number of hydrogen-bond donors (Lipinski definition) is 1. The Morgan fingerprint density at radius 1 is 1.50 bits per heavy atom. The summed E-state index contributed by atoms with van der Waals surface area (Å²) in [5, 5.41) is 3.60. The van der Waals surface area contributed by atoms with Gasteiger partial charge in [-0.05, 0) is 25.6 Å². The van der Waals surface area contributed by atoms with E-state index in [-0.39, 0.29) is 0 Å². The second kappa shape index (κ2) is 7.12. The molecule has 1 aromatic rings. The van der Waals surface area contributed by atoms with Crippen molar-refractivity contribution in [3.05, 3.63) is 29.6 Å². The Labute approximate surface area is 114 Å². The predicted octanol–water partition coefficient (Wildman–Crippen LogP) is 1.92. The van der Waals surface area contributed by atoms with E-state index in [1.165, 1.54) is 17.2 Å². The zero-order valence-electron chi connectivity index (χ0n) is 11.4. The molecule has 0 aliphatic carbocycles.